The van der Waals surface area contributed by atoms with Gasteiger partial charge in [0.15, 0.2) is 5.11 Å². The number of rotatable bonds is 8. The number of nitrogens with one attached hydrogen (secondary N) is 3. The Balaban J connectivity index is 1.34. The van der Waals surface area contributed by atoms with Crippen LogP contribution in [0.4, 0.5) is 16.4 Å². The zero-order chi connectivity index (χ0) is 31.3. The molecule has 226 valence electrons. The van der Waals surface area contributed by atoms with Gasteiger partial charge in [0.2, 0.25) is 5.91 Å². The molecule has 1 aliphatic carbocycles. The fourth-order valence-corrected chi connectivity index (χ4v) is 8.02. The van der Waals surface area contributed by atoms with Crippen LogP contribution in [0.5, 0.6) is 5.75 Å². The first-order valence-electron chi connectivity index (χ1n) is 14.5. The Labute approximate surface area is 273 Å². The number of thiocarbonyl (C=S) groups is 1. The van der Waals surface area contributed by atoms with Crippen LogP contribution < -0.4 is 20.7 Å². The van der Waals surface area contributed by atoms with Gasteiger partial charge in [-0.05, 0) is 84.3 Å². The molecule has 2 unspecified atom stereocenters. The minimum absolute atomic E-state index is 0.157. The van der Waals surface area contributed by atoms with Gasteiger partial charge in [0.25, 0.3) is 0 Å². The van der Waals surface area contributed by atoms with Crippen molar-refractivity contribution >= 4 is 62.7 Å². The Kier molecular flexibility index (Phi) is 9.94. The van der Waals surface area contributed by atoms with Crippen molar-refractivity contribution < 1.29 is 9.53 Å². The van der Waals surface area contributed by atoms with Crippen molar-refractivity contribution in [2.75, 3.05) is 23.1 Å². The van der Waals surface area contributed by atoms with Crippen molar-refractivity contribution in [3.05, 3.63) is 100 Å². The molecule has 1 aliphatic rings. The molecule has 0 fully saturated rings. The number of nitrogens with zero attached hydrogens (tertiary/aromatic N) is 1. The van der Waals surface area contributed by atoms with Crippen LogP contribution in [-0.2, 0) is 17.6 Å². The number of hydrogen-bond donors (Lipinski definition) is 3. The quantitative estimate of drug-likeness (QED) is 0.131. The number of carbonyl (C=O) groups is 1. The summed E-state index contributed by atoms with van der Waals surface area (Å²) in [6, 6.07) is 27.5. The average molecular weight is 641 g/mol. The molecule has 6 nitrogen and oxygen atoms in total. The van der Waals surface area contributed by atoms with Crippen LogP contribution in [0, 0.1) is 22.7 Å². The lowest BCUT2D eigenvalue weighted by Crippen LogP contribution is -2.26. The van der Waals surface area contributed by atoms with Gasteiger partial charge in [-0.2, -0.15) is 5.26 Å². The maximum atomic E-state index is 14.0. The molecule has 0 spiro atoms. The summed E-state index contributed by atoms with van der Waals surface area (Å²) in [6.07, 6.45) is 2.87. The Bertz CT molecular complexity index is 1690. The number of anilines is 3. The predicted octanol–water partition coefficient (Wildman–Crippen LogP) is 9.06. The van der Waals surface area contributed by atoms with Gasteiger partial charge in [-0.15, -0.1) is 23.1 Å². The molecule has 3 aromatic carbocycles. The number of hydrogen-bond acceptors (Lipinski definition) is 6. The number of carbonyl (C=O) groups excluding carboxylic acids is 1. The first-order valence-corrected chi connectivity index (χ1v) is 16.6. The van der Waals surface area contributed by atoms with E-state index in [1.165, 1.54) is 16.6 Å². The molecule has 4 aromatic rings. The molecule has 0 saturated carbocycles. The Hall–Kier alpha value is -3.84. The number of amides is 1. The van der Waals surface area contributed by atoms with Crippen molar-refractivity contribution in [3.8, 4) is 11.8 Å². The van der Waals surface area contributed by atoms with Crippen molar-refractivity contribution in [3.63, 3.8) is 0 Å². The highest BCUT2D eigenvalue weighted by Gasteiger charge is 2.33. The number of para-hydroxylation sites is 2. The van der Waals surface area contributed by atoms with E-state index in [2.05, 4.69) is 42.8 Å². The molecular formula is C35H36N4O2S3. The molecule has 0 aliphatic heterocycles. The summed E-state index contributed by atoms with van der Waals surface area (Å²) in [7, 11) is 1.62. The van der Waals surface area contributed by atoms with E-state index < -0.39 is 5.25 Å². The zero-order valence-corrected chi connectivity index (χ0v) is 27.7. The second-order valence-electron chi connectivity index (χ2n) is 11.8. The van der Waals surface area contributed by atoms with Crippen LogP contribution in [0.3, 0.4) is 0 Å². The fourth-order valence-electron chi connectivity index (χ4n) is 5.43. The van der Waals surface area contributed by atoms with Crippen LogP contribution in [-0.4, -0.2) is 18.1 Å². The molecule has 0 radical (unpaired) electrons. The van der Waals surface area contributed by atoms with Gasteiger partial charge >= 0.3 is 0 Å². The van der Waals surface area contributed by atoms with Gasteiger partial charge in [-0.25, -0.2) is 0 Å². The van der Waals surface area contributed by atoms with Crippen LogP contribution in [0.1, 0.15) is 54.0 Å². The molecular weight excluding hydrogens is 605 g/mol. The number of nitriles is 1. The van der Waals surface area contributed by atoms with E-state index in [0.717, 1.165) is 46.7 Å². The third-order valence-corrected chi connectivity index (χ3v) is 10.5. The van der Waals surface area contributed by atoms with Gasteiger partial charge in [0.05, 0.1) is 18.4 Å². The molecule has 3 N–H and O–H groups in total. The highest BCUT2D eigenvalue weighted by molar-refractivity contribution is 8.00. The van der Waals surface area contributed by atoms with Gasteiger partial charge < -0.3 is 20.7 Å². The van der Waals surface area contributed by atoms with Crippen LogP contribution in [0.2, 0.25) is 0 Å². The summed E-state index contributed by atoms with van der Waals surface area (Å²) in [4.78, 5) is 16.1. The minimum Gasteiger partial charge on any atom is -0.495 e. The molecule has 0 bridgehead atoms. The summed E-state index contributed by atoms with van der Waals surface area (Å²) in [5, 5.41) is 20.2. The predicted molar refractivity (Wildman–Crippen MR) is 187 cm³/mol. The fraction of sp³-hybridized carbons (Fsp3) is 0.286. The highest BCUT2D eigenvalue weighted by Crippen LogP contribution is 2.45. The normalized spacial score (nSPS) is 14.9. The monoisotopic (exact) mass is 640 g/mol. The van der Waals surface area contributed by atoms with E-state index in [1.807, 2.05) is 78.9 Å². The van der Waals surface area contributed by atoms with Gasteiger partial charge in [0, 0.05) is 15.5 Å². The summed E-state index contributed by atoms with van der Waals surface area (Å²) >= 11 is 8.58. The van der Waals surface area contributed by atoms with E-state index in [0.29, 0.717) is 27.3 Å². The smallest absolute Gasteiger partial charge is 0.243 e. The van der Waals surface area contributed by atoms with E-state index in [1.54, 1.807) is 18.4 Å². The van der Waals surface area contributed by atoms with E-state index in [-0.39, 0.29) is 11.3 Å². The minimum atomic E-state index is -0.530. The van der Waals surface area contributed by atoms with Crippen LogP contribution in [0.25, 0.3) is 0 Å². The summed E-state index contributed by atoms with van der Waals surface area (Å²) < 4.78 is 5.41. The number of ether oxygens (including phenoxy) is 1. The van der Waals surface area contributed by atoms with Gasteiger partial charge in [-0.1, -0.05) is 69.3 Å². The molecule has 1 amide bonds. The number of thioether (sulfide) groups is 1. The summed E-state index contributed by atoms with van der Waals surface area (Å²) in [6.45, 7) is 6.84. The Morgan fingerprint density at radius 2 is 1.80 bits per heavy atom. The molecule has 1 heterocycles. The van der Waals surface area contributed by atoms with E-state index in [4.69, 9.17) is 17.0 Å². The summed E-state index contributed by atoms with van der Waals surface area (Å²) in [5.74, 6) is 1.09. The highest BCUT2D eigenvalue weighted by atomic mass is 32.2. The third-order valence-electron chi connectivity index (χ3n) is 7.88. The van der Waals surface area contributed by atoms with E-state index >= 15 is 0 Å². The number of fused-ring (bicyclic) bond motifs is 1. The third kappa shape index (κ3) is 7.44. The van der Waals surface area contributed by atoms with Crippen molar-refractivity contribution in [2.45, 2.75) is 50.2 Å². The second kappa shape index (κ2) is 13.9. The lowest BCUT2D eigenvalue weighted by molar-refractivity contribution is -0.115. The van der Waals surface area contributed by atoms with Crippen molar-refractivity contribution in [1.29, 1.82) is 5.26 Å². The molecule has 1 aromatic heterocycles. The summed E-state index contributed by atoms with van der Waals surface area (Å²) in [5.41, 5.74) is 4.36. The molecule has 44 heavy (non-hydrogen) atoms. The first kappa shape index (κ1) is 31.6. The van der Waals surface area contributed by atoms with Crippen LogP contribution in [0.15, 0.2) is 83.8 Å². The van der Waals surface area contributed by atoms with E-state index in [9.17, 15) is 10.1 Å². The lowest BCUT2D eigenvalue weighted by Gasteiger charge is -2.33. The van der Waals surface area contributed by atoms with Gasteiger partial charge in [0.1, 0.15) is 22.1 Å². The SMILES string of the molecule is COc1ccccc1NC(=S)Nc1cccc(SC(C(=O)Nc2sc3c(c2C#N)CCC(C(C)(C)C)C3)c2ccccc2)c1. The zero-order valence-electron chi connectivity index (χ0n) is 25.3. The number of benzene rings is 3. The molecule has 5 rings (SSSR count). The van der Waals surface area contributed by atoms with Crippen LogP contribution >= 0.6 is 35.3 Å². The van der Waals surface area contributed by atoms with Crippen molar-refractivity contribution in [2.24, 2.45) is 11.3 Å². The van der Waals surface area contributed by atoms with Crippen molar-refractivity contribution in [1.82, 2.24) is 0 Å². The second-order valence-corrected chi connectivity index (χ2v) is 14.5. The molecule has 2 atom stereocenters. The Morgan fingerprint density at radius 1 is 1.05 bits per heavy atom. The standard InChI is InChI=1S/C35H36N4O2S3/c1-35(2,3)23-17-18-26-27(21-36)33(44-30(26)19-23)39-32(40)31(22-11-6-5-7-12-22)43-25-14-10-13-24(20-25)37-34(42)38-28-15-8-9-16-29(28)41-4/h5-16,20,23,31H,17-19H2,1-4H3,(H,39,40)(H2,37,38,42). The maximum Gasteiger partial charge on any atom is 0.243 e. The topological polar surface area (TPSA) is 86.2 Å². The lowest BCUT2D eigenvalue weighted by atomic mass is 9.72. The number of thiophene rings is 1. The number of methoxy groups -OCH3 is 1. The maximum absolute atomic E-state index is 14.0. The molecule has 0 saturated heterocycles. The average Bonchev–Trinajstić information content (AvgIpc) is 3.36. The molecule has 9 heteroatoms. The largest absolute Gasteiger partial charge is 0.495 e. The van der Waals surface area contributed by atoms with Gasteiger partial charge in [-0.3, -0.25) is 4.79 Å². The first-order chi connectivity index (χ1) is 21.2. The Morgan fingerprint density at radius 3 is 2.52 bits per heavy atom.